The first-order valence-corrected chi connectivity index (χ1v) is 7.42. The highest BCUT2D eigenvalue weighted by molar-refractivity contribution is 5.72. The summed E-state index contributed by atoms with van der Waals surface area (Å²) in [5.41, 5.74) is 0. The minimum Gasteiger partial charge on any atom is -0.466 e. The number of rotatable bonds is 7. The van der Waals surface area contributed by atoms with Gasteiger partial charge in [-0.2, -0.15) is 0 Å². The summed E-state index contributed by atoms with van der Waals surface area (Å²) in [4.78, 5) is 14.1. The van der Waals surface area contributed by atoms with Crippen molar-refractivity contribution in [2.45, 2.75) is 45.1 Å². The van der Waals surface area contributed by atoms with Crippen molar-refractivity contribution < 1.29 is 9.53 Å². The first kappa shape index (κ1) is 13.8. The van der Waals surface area contributed by atoms with Gasteiger partial charge in [-0.05, 0) is 58.7 Å². The van der Waals surface area contributed by atoms with Crippen molar-refractivity contribution in [3.63, 3.8) is 0 Å². The van der Waals surface area contributed by atoms with Crippen LogP contribution < -0.4 is 5.32 Å². The third-order valence-corrected chi connectivity index (χ3v) is 3.79. The molecular formula is C14H26N2O2. The van der Waals surface area contributed by atoms with Crippen LogP contribution in [0.5, 0.6) is 0 Å². The van der Waals surface area contributed by atoms with E-state index in [1.165, 1.54) is 19.3 Å². The van der Waals surface area contributed by atoms with Crippen LogP contribution in [0.25, 0.3) is 0 Å². The van der Waals surface area contributed by atoms with Gasteiger partial charge in [0.15, 0.2) is 0 Å². The lowest BCUT2D eigenvalue weighted by Crippen LogP contribution is -2.40. The van der Waals surface area contributed by atoms with Crippen LogP contribution in [-0.4, -0.2) is 49.7 Å². The molecule has 2 fully saturated rings. The lowest BCUT2D eigenvalue weighted by atomic mass is 9.98. The van der Waals surface area contributed by atoms with Crippen molar-refractivity contribution in [2.24, 2.45) is 5.92 Å². The van der Waals surface area contributed by atoms with Gasteiger partial charge in [0.25, 0.3) is 0 Å². The van der Waals surface area contributed by atoms with E-state index in [1.54, 1.807) is 0 Å². The Morgan fingerprint density at radius 2 is 2.22 bits per heavy atom. The average molecular weight is 254 g/mol. The van der Waals surface area contributed by atoms with Gasteiger partial charge in [-0.1, -0.05) is 0 Å². The SMILES string of the molecule is CCOC(=O)C1CCCN(CCCNC2CC2)C1. The van der Waals surface area contributed by atoms with Crippen LogP contribution in [-0.2, 0) is 9.53 Å². The maximum Gasteiger partial charge on any atom is 0.310 e. The molecule has 0 spiro atoms. The first-order chi connectivity index (χ1) is 8.79. The molecule has 1 saturated carbocycles. The minimum atomic E-state index is -0.00157. The fourth-order valence-corrected chi connectivity index (χ4v) is 2.61. The number of carbonyl (C=O) groups is 1. The summed E-state index contributed by atoms with van der Waals surface area (Å²) in [6.07, 6.45) is 6.02. The van der Waals surface area contributed by atoms with Gasteiger partial charge in [0, 0.05) is 12.6 Å². The number of ether oxygens (including phenoxy) is 1. The molecule has 0 radical (unpaired) electrons. The van der Waals surface area contributed by atoms with E-state index in [2.05, 4.69) is 10.2 Å². The molecule has 2 rings (SSSR count). The van der Waals surface area contributed by atoms with Gasteiger partial charge < -0.3 is 15.0 Å². The normalized spacial score (nSPS) is 25.1. The van der Waals surface area contributed by atoms with E-state index in [1.807, 2.05) is 6.92 Å². The number of likely N-dealkylation sites (tertiary alicyclic amines) is 1. The highest BCUT2D eigenvalue weighted by Gasteiger charge is 2.26. The quantitative estimate of drug-likeness (QED) is 0.551. The Labute approximate surface area is 110 Å². The predicted octanol–water partition coefficient (Wildman–Crippen LogP) is 1.40. The molecule has 0 aromatic rings. The van der Waals surface area contributed by atoms with Crippen LogP contribution in [0.1, 0.15) is 39.0 Å². The summed E-state index contributed by atoms with van der Waals surface area (Å²) in [6.45, 7) is 6.63. The molecule has 0 amide bonds. The Morgan fingerprint density at radius 3 is 2.94 bits per heavy atom. The molecule has 1 saturated heterocycles. The first-order valence-electron chi connectivity index (χ1n) is 7.42. The highest BCUT2D eigenvalue weighted by Crippen LogP contribution is 2.19. The number of carbonyl (C=O) groups excluding carboxylic acids is 1. The largest absolute Gasteiger partial charge is 0.466 e. The third-order valence-electron chi connectivity index (χ3n) is 3.79. The van der Waals surface area contributed by atoms with Gasteiger partial charge >= 0.3 is 5.97 Å². The van der Waals surface area contributed by atoms with Gasteiger partial charge in [-0.15, -0.1) is 0 Å². The van der Waals surface area contributed by atoms with Crippen LogP contribution >= 0.6 is 0 Å². The van der Waals surface area contributed by atoms with Gasteiger partial charge in [0.2, 0.25) is 0 Å². The van der Waals surface area contributed by atoms with E-state index in [4.69, 9.17) is 4.74 Å². The summed E-state index contributed by atoms with van der Waals surface area (Å²) in [6, 6.07) is 0.804. The summed E-state index contributed by atoms with van der Waals surface area (Å²) >= 11 is 0. The molecule has 104 valence electrons. The molecule has 1 unspecified atom stereocenters. The maximum absolute atomic E-state index is 11.7. The number of hydrogen-bond acceptors (Lipinski definition) is 4. The van der Waals surface area contributed by atoms with E-state index >= 15 is 0 Å². The Kier molecular flexibility index (Phi) is 5.45. The third kappa shape index (κ3) is 4.58. The molecular weight excluding hydrogens is 228 g/mol. The number of nitrogens with one attached hydrogen (secondary N) is 1. The Balaban J connectivity index is 1.60. The van der Waals surface area contributed by atoms with Crippen molar-refractivity contribution >= 4 is 5.97 Å². The fourth-order valence-electron chi connectivity index (χ4n) is 2.61. The molecule has 1 aliphatic carbocycles. The van der Waals surface area contributed by atoms with Gasteiger partial charge in [-0.3, -0.25) is 4.79 Å². The Morgan fingerprint density at radius 1 is 1.39 bits per heavy atom. The van der Waals surface area contributed by atoms with Gasteiger partial charge in [0.1, 0.15) is 0 Å². The zero-order chi connectivity index (χ0) is 12.8. The number of esters is 1. The zero-order valence-corrected chi connectivity index (χ0v) is 11.5. The standard InChI is InChI=1S/C14H26N2O2/c1-2-18-14(17)12-5-3-9-16(11-12)10-4-8-15-13-6-7-13/h12-13,15H,2-11H2,1H3. The maximum atomic E-state index is 11.7. The summed E-state index contributed by atoms with van der Waals surface area (Å²) in [7, 11) is 0. The summed E-state index contributed by atoms with van der Waals surface area (Å²) < 4.78 is 5.12. The van der Waals surface area contributed by atoms with Gasteiger partial charge in [0.05, 0.1) is 12.5 Å². The van der Waals surface area contributed by atoms with Crippen molar-refractivity contribution in [1.29, 1.82) is 0 Å². The molecule has 4 nitrogen and oxygen atoms in total. The molecule has 4 heteroatoms. The Bertz CT molecular complexity index is 267. The number of hydrogen-bond donors (Lipinski definition) is 1. The van der Waals surface area contributed by atoms with Crippen molar-refractivity contribution in [1.82, 2.24) is 10.2 Å². The monoisotopic (exact) mass is 254 g/mol. The molecule has 1 atom stereocenters. The van der Waals surface area contributed by atoms with Crippen LogP contribution in [0.2, 0.25) is 0 Å². The second-order valence-electron chi connectivity index (χ2n) is 5.47. The van der Waals surface area contributed by atoms with E-state index in [-0.39, 0.29) is 11.9 Å². The minimum absolute atomic E-state index is 0.00157. The van der Waals surface area contributed by atoms with Crippen molar-refractivity contribution in [2.75, 3.05) is 32.8 Å². The predicted molar refractivity (Wildman–Crippen MR) is 71.4 cm³/mol. The molecule has 1 aliphatic heterocycles. The number of piperidine rings is 1. The Hall–Kier alpha value is -0.610. The fraction of sp³-hybridized carbons (Fsp3) is 0.929. The van der Waals surface area contributed by atoms with E-state index in [0.717, 1.165) is 45.1 Å². The topological polar surface area (TPSA) is 41.6 Å². The second-order valence-corrected chi connectivity index (χ2v) is 5.47. The van der Waals surface area contributed by atoms with Crippen LogP contribution in [0.15, 0.2) is 0 Å². The lowest BCUT2D eigenvalue weighted by molar-refractivity contribution is -0.149. The number of nitrogens with zero attached hydrogens (tertiary/aromatic N) is 1. The van der Waals surface area contributed by atoms with Crippen LogP contribution in [0.3, 0.4) is 0 Å². The molecule has 1 N–H and O–H groups in total. The van der Waals surface area contributed by atoms with Crippen LogP contribution in [0.4, 0.5) is 0 Å². The summed E-state index contributed by atoms with van der Waals surface area (Å²) in [5.74, 6) is 0.105. The van der Waals surface area contributed by atoms with Crippen molar-refractivity contribution in [3.05, 3.63) is 0 Å². The second kappa shape index (κ2) is 7.10. The lowest BCUT2D eigenvalue weighted by Gasteiger charge is -2.31. The van der Waals surface area contributed by atoms with E-state index in [0.29, 0.717) is 6.61 Å². The molecule has 0 aromatic carbocycles. The smallest absolute Gasteiger partial charge is 0.310 e. The highest BCUT2D eigenvalue weighted by atomic mass is 16.5. The van der Waals surface area contributed by atoms with Crippen molar-refractivity contribution in [3.8, 4) is 0 Å². The van der Waals surface area contributed by atoms with Crippen LogP contribution in [0, 0.1) is 5.92 Å². The molecule has 1 heterocycles. The zero-order valence-electron chi connectivity index (χ0n) is 11.5. The van der Waals surface area contributed by atoms with E-state index < -0.39 is 0 Å². The average Bonchev–Trinajstić information content (AvgIpc) is 3.19. The van der Waals surface area contributed by atoms with Gasteiger partial charge in [-0.25, -0.2) is 0 Å². The van der Waals surface area contributed by atoms with E-state index in [9.17, 15) is 4.79 Å². The molecule has 2 aliphatic rings. The molecule has 0 aromatic heterocycles. The molecule has 0 bridgehead atoms. The summed E-state index contributed by atoms with van der Waals surface area (Å²) in [5, 5.41) is 3.53. The molecule has 18 heavy (non-hydrogen) atoms.